The van der Waals surface area contributed by atoms with Gasteiger partial charge in [-0.2, -0.15) is 0 Å². The highest BCUT2D eigenvalue weighted by Gasteiger charge is 2.34. The summed E-state index contributed by atoms with van der Waals surface area (Å²) in [6.07, 6.45) is 2.85. The predicted molar refractivity (Wildman–Crippen MR) is 69.4 cm³/mol. The quantitative estimate of drug-likeness (QED) is 0.763. The number of rotatable bonds is 6. The van der Waals surface area contributed by atoms with Gasteiger partial charge in [-0.15, -0.1) is 0 Å². The zero-order valence-electron chi connectivity index (χ0n) is 11.7. The van der Waals surface area contributed by atoms with Gasteiger partial charge in [0.15, 0.2) is 0 Å². The van der Waals surface area contributed by atoms with Gasteiger partial charge in [-0.3, -0.25) is 4.79 Å². The maximum absolute atomic E-state index is 11.9. The molecule has 1 rings (SSSR count). The molecule has 1 aliphatic rings. The first-order chi connectivity index (χ1) is 8.31. The Morgan fingerprint density at radius 2 is 2.06 bits per heavy atom. The van der Waals surface area contributed by atoms with Crippen molar-refractivity contribution in [2.24, 2.45) is 11.3 Å². The van der Waals surface area contributed by atoms with Crippen LogP contribution in [0.5, 0.6) is 0 Å². The molecular weight excluding hydrogens is 232 g/mol. The largest absolute Gasteiger partial charge is 0.481 e. The summed E-state index contributed by atoms with van der Waals surface area (Å²) in [7, 11) is 1.77. The van der Waals surface area contributed by atoms with Crippen molar-refractivity contribution in [2.75, 3.05) is 13.6 Å². The van der Waals surface area contributed by atoms with Crippen LogP contribution in [0.1, 0.15) is 40.0 Å². The number of aliphatic carboxylic acids is 1. The summed E-state index contributed by atoms with van der Waals surface area (Å²) in [6, 6.07) is 0.0398. The number of amides is 2. The Hall–Kier alpha value is -1.26. The van der Waals surface area contributed by atoms with Gasteiger partial charge in [0.1, 0.15) is 0 Å². The Kier molecular flexibility index (Phi) is 4.59. The first-order valence-corrected chi connectivity index (χ1v) is 6.56. The third kappa shape index (κ3) is 3.37. The van der Waals surface area contributed by atoms with E-state index in [1.807, 2.05) is 13.8 Å². The average Bonchev–Trinajstić information content (AvgIpc) is 3.17. The first-order valence-electron chi connectivity index (χ1n) is 6.56. The summed E-state index contributed by atoms with van der Waals surface area (Å²) in [4.78, 5) is 24.7. The van der Waals surface area contributed by atoms with Crippen LogP contribution in [0.25, 0.3) is 0 Å². The maximum Gasteiger partial charge on any atom is 0.317 e. The molecule has 104 valence electrons. The van der Waals surface area contributed by atoms with Crippen LogP contribution in [-0.2, 0) is 4.79 Å². The van der Waals surface area contributed by atoms with E-state index in [1.165, 1.54) is 12.8 Å². The van der Waals surface area contributed by atoms with E-state index in [4.69, 9.17) is 5.11 Å². The Labute approximate surface area is 109 Å². The highest BCUT2D eigenvalue weighted by molar-refractivity contribution is 5.77. The molecule has 0 saturated heterocycles. The second kappa shape index (κ2) is 5.59. The highest BCUT2D eigenvalue weighted by Crippen LogP contribution is 2.34. The maximum atomic E-state index is 11.9. The van der Waals surface area contributed by atoms with Gasteiger partial charge < -0.3 is 15.3 Å². The zero-order chi connectivity index (χ0) is 13.9. The number of carboxylic acid groups (broad SMARTS) is 1. The summed E-state index contributed by atoms with van der Waals surface area (Å²) < 4.78 is 0. The SMILES string of the molecule is CCC(C)(CNC(=O)N(C)C(C)C1CC1)C(=O)O. The lowest BCUT2D eigenvalue weighted by molar-refractivity contribution is -0.147. The minimum absolute atomic E-state index is 0.166. The number of urea groups is 1. The van der Waals surface area contributed by atoms with E-state index >= 15 is 0 Å². The molecule has 18 heavy (non-hydrogen) atoms. The summed E-state index contributed by atoms with van der Waals surface area (Å²) >= 11 is 0. The van der Waals surface area contributed by atoms with Crippen molar-refractivity contribution in [3.8, 4) is 0 Å². The van der Waals surface area contributed by atoms with E-state index in [0.717, 1.165) is 0 Å². The zero-order valence-corrected chi connectivity index (χ0v) is 11.7. The fraction of sp³-hybridized carbons (Fsp3) is 0.846. The fourth-order valence-electron chi connectivity index (χ4n) is 1.83. The lowest BCUT2D eigenvalue weighted by Crippen LogP contribution is -2.48. The standard InChI is InChI=1S/C13H24N2O3/c1-5-13(3,11(16)17)8-14-12(18)15(4)9(2)10-6-7-10/h9-10H,5-8H2,1-4H3,(H,14,18)(H,16,17). The van der Waals surface area contributed by atoms with Gasteiger partial charge in [0, 0.05) is 19.6 Å². The summed E-state index contributed by atoms with van der Waals surface area (Å²) in [5.74, 6) is -0.263. The van der Waals surface area contributed by atoms with Gasteiger partial charge in [0.2, 0.25) is 0 Å². The van der Waals surface area contributed by atoms with Crippen LogP contribution in [0.3, 0.4) is 0 Å². The lowest BCUT2D eigenvalue weighted by Gasteiger charge is -2.28. The van der Waals surface area contributed by atoms with Crippen LogP contribution in [0.15, 0.2) is 0 Å². The molecule has 2 atom stereocenters. The van der Waals surface area contributed by atoms with Crippen molar-refractivity contribution >= 4 is 12.0 Å². The van der Waals surface area contributed by atoms with Gasteiger partial charge in [-0.1, -0.05) is 6.92 Å². The number of hydrogen-bond donors (Lipinski definition) is 2. The average molecular weight is 256 g/mol. The number of carbonyl (C=O) groups excluding carboxylic acids is 1. The molecule has 2 unspecified atom stereocenters. The topological polar surface area (TPSA) is 69.6 Å². The van der Waals surface area contributed by atoms with Gasteiger partial charge in [0.05, 0.1) is 5.41 Å². The molecule has 0 spiro atoms. The van der Waals surface area contributed by atoms with E-state index in [9.17, 15) is 9.59 Å². The van der Waals surface area contributed by atoms with Crippen molar-refractivity contribution < 1.29 is 14.7 Å². The summed E-state index contributed by atoms with van der Waals surface area (Å²) in [5, 5.41) is 11.9. The highest BCUT2D eigenvalue weighted by atomic mass is 16.4. The van der Waals surface area contributed by atoms with E-state index in [2.05, 4.69) is 5.32 Å². The second-order valence-corrected chi connectivity index (χ2v) is 5.57. The molecule has 0 bridgehead atoms. The molecule has 0 aromatic carbocycles. The van der Waals surface area contributed by atoms with Crippen LogP contribution in [-0.4, -0.2) is 41.6 Å². The molecule has 5 nitrogen and oxygen atoms in total. The van der Waals surface area contributed by atoms with E-state index < -0.39 is 11.4 Å². The third-order valence-electron chi connectivity index (χ3n) is 4.16. The Balaban J connectivity index is 2.46. The van der Waals surface area contributed by atoms with Gasteiger partial charge in [-0.25, -0.2) is 4.79 Å². The van der Waals surface area contributed by atoms with E-state index in [-0.39, 0.29) is 18.6 Å². The van der Waals surface area contributed by atoms with Gasteiger partial charge in [-0.05, 0) is 39.0 Å². The molecule has 1 fully saturated rings. The third-order valence-corrected chi connectivity index (χ3v) is 4.16. The fourth-order valence-corrected chi connectivity index (χ4v) is 1.83. The molecule has 0 aliphatic heterocycles. The van der Waals surface area contributed by atoms with Crippen molar-refractivity contribution in [3.05, 3.63) is 0 Å². The Morgan fingerprint density at radius 1 is 1.50 bits per heavy atom. The number of carboxylic acids is 1. The smallest absolute Gasteiger partial charge is 0.317 e. The van der Waals surface area contributed by atoms with Gasteiger partial charge in [0.25, 0.3) is 0 Å². The van der Waals surface area contributed by atoms with Crippen molar-refractivity contribution in [3.63, 3.8) is 0 Å². The van der Waals surface area contributed by atoms with Crippen LogP contribution < -0.4 is 5.32 Å². The first kappa shape index (κ1) is 14.8. The van der Waals surface area contributed by atoms with Crippen LogP contribution >= 0.6 is 0 Å². The molecular formula is C13H24N2O3. The van der Waals surface area contributed by atoms with Crippen molar-refractivity contribution in [1.82, 2.24) is 10.2 Å². The molecule has 2 N–H and O–H groups in total. The minimum atomic E-state index is -0.890. The summed E-state index contributed by atoms with van der Waals surface area (Å²) in [6.45, 7) is 5.67. The van der Waals surface area contributed by atoms with Crippen molar-refractivity contribution in [1.29, 1.82) is 0 Å². The molecule has 1 saturated carbocycles. The van der Waals surface area contributed by atoms with Crippen molar-refractivity contribution in [2.45, 2.75) is 46.1 Å². The minimum Gasteiger partial charge on any atom is -0.481 e. The monoisotopic (exact) mass is 256 g/mol. The molecule has 2 amide bonds. The van der Waals surface area contributed by atoms with E-state index in [0.29, 0.717) is 12.3 Å². The second-order valence-electron chi connectivity index (χ2n) is 5.57. The number of carbonyl (C=O) groups is 2. The number of hydrogen-bond acceptors (Lipinski definition) is 2. The number of nitrogens with zero attached hydrogens (tertiary/aromatic N) is 1. The molecule has 0 aromatic rings. The number of nitrogens with one attached hydrogen (secondary N) is 1. The van der Waals surface area contributed by atoms with Crippen LogP contribution in [0, 0.1) is 11.3 Å². The Morgan fingerprint density at radius 3 is 2.44 bits per heavy atom. The van der Waals surface area contributed by atoms with Gasteiger partial charge >= 0.3 is 12.0 Å². The Bertz CT molecular complexity index is 328. The molecule has 0 heterocycles. The van der Waals surface area contributed by atoms with Crippen LogP contribution in [0.4, 0.5) is 4.79 Å². The van der Waals surface area contributed by atoms with E-state index in [1.54, 1.807) is 18.9 Å². The molecule has 0 aromatic heterocycles. The molecule has 5 heteroatoms. The normalized spacial score (nSPS) is 19.8. The molecule has 0 radical (unpaired) electrons. The summed E-state index contributed by atoms with van der Waals surface area (Å²) in [5.41, 5.74) is -0.890. The molecule has 1 aliphatic carbocycles. The predicted octanol–water partition coefficient (Wildman–Crippen LogP) is 1.93. The lowest BCUT2D eigenvalue weighted by atomic mass is 9.88. The van der Waals surface area contributed by atoms with Crippen LogP contribution in [0.2, 0.25) is 0 Å².